The quantitative estimate of drug-likeness (QED) is 0.823. The number of aromatic hydroxyl groups is 1. The van der Waals surface area contributed by atoms with Crippen LogP contribution in [0.25, 0.3) is 0 Å². The minimum atomic E-state index is -0.127. The predicted molar refractivity (Wildman–Crippen MR) is 89.9 cm³/mol. The van der Waals surface area contributed by atoms with E-state index < -0.39 is 0 Å². The van der Waals surface area contributed by atoms with Crippen LogP contribution in [-0.4, -0.2) is 23.4 Å². The van der Waals surface area contributed by atoms with E-state index in [1.165, 1.54) is 24.0 Å². The highest BCUT2D eigenvalue weighted by molar-refractivity contribution is 5.49. The van der Waals surface area contributed by atoms with Gasteiger partial charge in [-0.15, -0.1) is 0 Å². The number of rotatable bonds is 1. The van der Waals surface area contributed by atoms with Gasteiger partial charge in [-0.05, 0) is 85.0 Å². The highest BCUT2D eigenvalue weighted by Gasteiger charge is 2.52. The zero-order valence-corrected chi connectivity index (χ0v) is 14.2. The van der Waals surface area contributed by atoms with E-state index in [0.717, 1.165) is 32.1 Å². The van der Waals surface area contributed by atoms with Gasteiger partial charge in [0.25, 0.3) is 0 Å². The summed E-state index contributed by atoms with van der Waals surface area (Å²) in [4.78, 5) is 0. The van der Waals surface area contributed by atoms with Crippen LogP contribution in [0.5, 0.6) is 11.5 Å². The van der Waals surface area contributed by atoms with Crippen LogP contribution in [-0.2, 0) is 6.42 Å². The molecule has 2 saturated carbocycles. The molecule has 0 radical (unpaired) electrons. The predicted octanol–water partition coefficient (Wildman–Crippen LogP) is 4.01. The minimum Gasteiger partial charge on any atom is -0.504 e. The largest absolute Gasteiger partial charge is 0.504 e. The number of aliphatic hydroxyl groups excluding tert-OH is 1. The maximum absolute atomic E-state index is 10.6. The van der Waals surface area contributed by atoms with Crippen LogP contribution in [0.2, 0.25) is 0 Å². The first kappa shape index (κ1) is 15.3. The van der Waals surface area contributed by atoms with Gasteiger partial charge < -0.3 is 14.9 Å². The molecule has 1 aromatic carbocycles. The summed E-state index contributed by atoms with van der Waals surface area (Å²) in [5, 5.41) is 20.7. The summed E-state index contributed by atoms with van der Waals surface area (Å²) in [5.41, 5.74) is 2.79. The third-order valence-electron chi connectivity index (χ3n) is 7.22. The number of hydrogen-bond donors (Lipinski definition) is 2. The second-order valence-corrected chi connectivity index (χ2v) is 8.13. The standard InChI is InChI=1S/C20H28O3/c1-20-9-8-13-14(16(20)4-3-5-19(20)22)7-6-12-10-17(21)18(23-2)11-15(12)13/h10-11,13-14,16,19,21-22H,3-9H2,1-2H3/t13-,14+,16-,19+,20-/m0/s1. The van der Waals surface area contributed by atoms with Gasteiger partial charge in [0.05, 0.1) is 13.2 Å². The van der Waals surface area contributed by atoms with Crippen molar-refractivity contribution in [3.05, 3.63) is 23.3 Å². The Hall–Kier alpha value is -1.22. The minimum absolute atomic E-state index is 0.109. The average molecular weight is 316 g/mol. The van der Waals surface area contributed by atoms with Gasteiger partial charge in [-0.25, -0.2) is 0 Å². The van der Waals surface area contributed by atoms with Crippen molar-refractivity contribution in [2.24, 2.45) is 17.3 Å². The van der Waals surface area contributed by atoms with Gasteiger partial charge in [-0.1, -0.05) is 13.3 Å². The lowest BCUT2D eigenvalue weighted by atomic mass is 9.50. The summed E-state index contributed by atoms with van der Waals surface area (Å²) >= 11 is 0. The second-order valence-electron chi connectivity index (χ2n) is 8.13. The summed E-state index contributed by atoms with van der Waals surface area (Å²) in [6.45, 7) is 2.32. The maximum atomic E-state index is 10.6. The van der Waals surface area contributed by atoms with Gasteiger partial charge in [0.1, 0.15) is 0 Å². The Morgan fingerprint density at radius 2 is 2.00 bits per heavy atom. The molecular formula is C20H28O3. The molecule has 2 fully saturated rings. The smallest absolute Gasteiger partial charge is 0.160 e. The number of hydrogen-bond acceptors (Lipinski definition) is 3. The van der Waals surface area contributed by atoms with E-state index in [4.69, 9.17) is 4.74 Å². The first-order valence-corrected chi connectivity index (χ1v) is 9.12. The molecule has 1 aromatic rings. The molecule has 0 aromatic heterocycles. The molecule has 3 heteroatoms. The fourth-order valence-electron chi connectivity index (χ4n) is 5.92. The molecule has 3 nitrogen and oxygen atoms in total. The fraction of sp³-hybridized carbons (Fsp3) is 0.700. The Kier molecular flexibility index (Phi) is 3.60. The lowest BCUT2D eigenvalue weighted by molar-refractivity contribution is -0.0976. The summed E-state index contributed by atoms with van der Waals surface area (Å²) < 4.78 is 5.34. The van der Waals surface area contributed by atoms with Crippen molar-refractivity contribution in [3.63, 3.8) is 0 Å². The summed E-state index contributed by atoms with van der Waals surface area (Å²) in [5.74, 6) is 2.74. The van der Waals surface area contributed by atoms with Gasteiger partial charge >= 0.3 is 0 Å². The Balaban J connectivity index is 1.71. The van der Waals surface area contributed by atoms with Crippen molar-refractivity contribution in [2.75, 3.05) is 7.11 Å². The Morgan fingerprint density at radius 3 is 2.78 bits per heavy atom. The molecule has 0 unspecified atom stereocenters. The number of ether oxygens (including phenoxy) is 1. The molecule has 3 aliphatic rings. The second kappa shape index (κ2) is 5.41. The van der Waals surface area contributed by atoms with Gasteiger partial charge in [0.2, 0.25) is 0 Å². The molecular weight excluding hydrogens is 288 g/mol. The van der Waals surface area contributed by atoms with Crippen LogP contribution >= 0.6 is 0 Å². The molecule has 0 aliphatic heterocycles. The molecule has 0 saturated heterocycles. The van der Waals surface area contributed by atoms with Crippen LogP contribution in [0.1, 0.15) is 62.5 Å². The van der Waals surface area contributed by atoms with Crippen molar-refractivity contribution in [1.82, 2.24) is 0 Å². The Morgan fingerprint density at radius 1 is 1.17 bits per heavy atom. The average Bonchev–Trinajstić information content (AvgIpc) is 2.55. The van der Waals surface area contributed by atoms with Crippen molar-refractivity contribution in [3.8, 4) is 11.5 Å². The molecule has 2 N–H and O–H groups in total. The molecule has 0 bridgehead atoms. The van der Waals surface area contributed by atoms with Crippen molar-refractivity contribution in [2.45, 2.75) is 63.9 Å². The van der Waals surface area contributed by atoms with Gasteiger partial charge in [0.15, 0.2) is 11.5 Å². The van der Waals surface area contributed by atoms with E-state index in [0.29, 0.717) is 23.5 Å². The fourth-order valence-corrected chi connectivity index (χ4v) is 5.92. The SMILES string of the molecule is COc1cc2c(cc1O)CC[C@@H]1[C@@H]2CC[C@]2(C)[C@H](O)CCC[C@@H]12. The van der Waals surface area contributed by atoms with Crippen LogP contribution in [0.4, 0.5) is 0 Å². The van der Waals surface area contributed by atoms with E-state index in [9.17, 15) is 10.2 Å². The van der Waals surface area contributed by atoms with Crippen LogP contribution in [0.3, 0.4) is 0 Å². The normalized spacial score (nSPS) is 39.1. The first-order chi connectivity index (χ1) is 11.0. The number of phenolic OH excluding ortho intramolecular Hbond substituents is 1. The van der Waals surface area contributed by atoms with Gasteiger partial charge in [-0.3, -0.25) is 0 Å². The van der Waals surface area contributed by atoms with Crippen molar-refractivity contribution >= 4 is 0 Å². The first-order valence-electron chi connectivity index (χ1n) is 9.12. The third kappa shape index (κ3) is 2.20. The number of aryl methyl sites for hydroxylation is 1. The number of methoxy groups -OCH3 is 1. The number of phenols is 1. The van der Waals surface area contributed by atoms with Crippen LogP contribution < -0.4 is 4.74 Å². The van der Waals surface area contributed by atoms with Gasteiger partial charge in [0, 0.05) is 0 Å². The van der Waals surface area contributed by atoms with E-state index in [-0.39, 0.29) is 17.3 Å². The van der Waals surface area contributed by atoms with E-state index in [1.54, 1.807) is 7.11 Å². The van der Waals surface area contributed by atoms with Gasteiger partial charge in [-0.2, -0.15) is 0 Å². The molecule has 0 spiro atoms. The van der Waals surface area contributed by atoms with E-state index in [2.05, 4.69) is 13.0 Å². The molecule has 3 aliphatic carbocycles. The number of fused-ring (bicyclic) bond motifs is 5. The molecule has 0 heterocycles. The number of aliphatic hydroxyl groups is 1. The van der Waals surface area contributed by atoms with E-state index >= 15 is 0 Å². The van der Waals surface area contributed by atoms with Crippen molar-refractivity contribution in [1.29, 1.82) is 0 Å². The zero-order valence-electron chi connectivity index (χ0n) is 14.2. The lowest BCUT2D eigenvalue weighted by Gasteiger charge is -2.56. The molecule has 126 valence electrons. The molecule has 4 rings (SSSR count). The van der Waals surface area contributed by atoms with Crippen LogP contribution in [0, 0.1) is 17.3 Å². The number of benzene rings is 1. The third-order valence-corrected chi connectivity index (χ3v) is 7.22. The molecule has 0 amide bonds. The monoisotopic (exact) mass is 316 g/mol. The highest BCUT2D eigenvalue weighted by atomic mass is 16.5. The zero-order chi connectivity index (χ0) is 16.2. The highest BCUT2D eigenvalue weighted by Crippen LogP contribution is 2.60. The van der Waals surface area contributed by atoms with E-state index in [1.807, 2.05) is 6.07 Å². The molecule has 5 atom stereocenters. The Labute approximate surface area is 138 Å². The van der Waals surface area contributed by atoms with Crippen molar-refractivity contribution < 1.29 is 14.9 Å². The Bertz CT molecular complexity index is 611. The van der Waals surface area contributed by atoms with Crippen LogP contribution in [0.15, 0.2) is 12.1 Å². The molecule has 23 heavy (non-hydrogen) atoms. The summed E-state index contributed by atoms with van der Waals surface area (Å²) in [6, 6.07) is 3.98. The topological polar surface area (TPSA) is 49.7 Å². The maximum Gasteiger partial charge on any atom is 0.160 e. The summed E-state index contributed by atoms with van der Waals surface area (Å²) in [6.07, 6.45) is 7.77. The summed E-state index contributed by atoms with van der Waals surface area (Å²) in [7, 11) is 1.62. The lowest BCUT2D eigenvalue weighted by Crippen LogP contribution is -2.51.